The topological polar surface area (TPSA) is 107 Å². The molecule has 0 aliphatic carbocycles. The molecule has 0 spiro atoms. The van der Waals surface area contributed by atoms with Gasteiger partial charge < -0.3 is 9.64 Å². The van der Waals surface area contributed by atoms with Crippen LogP contribution in [-0.4, -0.2) is 39.2 Å². The van der Waals surface area contributed by atoms with Crippen molar-refractivity contribution in [2.24, 2.45) is 5.14 Å². The fraction of sp³-hybridized carbons (Fsp3) is 0.333. The lowest BCUT2D eigenvalue weighted by atomic mass is 10.0. The second-order valence-electron chi connectivity index (χ2n) is 6.80. The van der Waals surface area contributed by atoms with E-state index in [0.29, 0.717) is 23.3 Å². The van der Waals surface area contributed by atoms with Gasteiger partial charge in [0.05, 0.1) is 18.0 Å². The molecule has 0 heterocycles. The molecule has 1 unspecified atom stereocenters. The van der Waals surface area contributed by atoms with Crippen LogP contribution < -0.4 is 9.88 Å². The largest absolute Gasteiger partial charge is 0.497 e. The van der Waals surface area contributed by atoms with Crippen LogP contribution in [0.15, 0.2) is 53.4 Å². The lowest BCUT2D eigenvalue weighted by Gasteiger charge is -2.25. The molecule has 0 radical (unpaired) electrons. The fourth-order valence-corrected chi connectivity index (χ4v) is 3.46. The van der Waals surface area contributed by atoms with Gasteiger partial charge in [-0.25, -0.2) is 13.6 Å². The predicted octanol–water partition coefficient (Wildman–Crippen LogP) is 2.92. The Morgan fingerprint density at radius 2 is 1.76 bits per heavy atom. The summed E-state index contributed by atoms with van der Waals surface area (Å²) in [6, 6.07) is 12.8. The van der Waals surface area contributed by atoms with Crippen molar-refractivity contribution in [2.75, 3.05) is 14.2 Å². The molecule has 29 heavy (non-hydrogen) atoms. The van der Waals surface area contributed by atoms with Crippen molar-refractivity contribution < 1.29 is 22.7 Å². The molecule has 7 nitrogen and oxygen atoms in total. The van der Waals surface area contributed by atoms with Gasteiger partial charge in [-0.1, -0.05) is 12.1 Å². The summed E-state index contributed by atoms with van der Waals surface area (Å²) in [5, 5.41) is 5.17. The molecule has 0 saturated carbocycles. The third-order valence-electron chi connectivity index (χ3n) is 4.85. The average Bonchev–Trinajstić information content (AvgIpc) is 2.72. The highest BCUT2D eigenvalue weighted by molar-refractivity contribution is 7.89. The van der Waals surface area contributed by atoms with E-state index in [-0.39, 0.29) is 35.5 Å². The van der Waals surface area contributed by atoms with Gasteiger partial charge in [0.15, 0.2) is 5.78 Å². The highest BCUT2D eigenvalue weighted by atomic mass is 32.2. The van der Waals surface area contributed by atoms with Crippen molar-refractivity contribution in [2.45, 2.75) is 37.1 Å². The number of Topliss-reactive ketones (excluding diaryl/α,β-unsaturated/α-hetero) is 1. The zero-order chi connectivity index (χ0) is 21.6. The Bertz CT molecular complexity index is 971. The molecule has 156 valence electrons. The Kier molecular flexibility index (Phi) is 7.53. The summed E-state index contributed by atoms with van der Waals surface area (Å²) in [6.45, 7) is 1.81. The molecule has 2 aromatic carbocycles. The Morgan fingerprint density at radius 3 is 2.34 bits per heavy atom. The van der Waals surface area contributed by atoms with Crippen LogP contribution in [0, 0.1) is 0 Å². The van der Waals surface area contributed by atoms with Gasteiger partial charge in [0.25, 0.3) is 0 Å². The normalized spacial score (nSPS) is 12.3. The van der Waals surface area contributed by atoms with Crippen LogP contribution in [0.25, 0.3) is 0 Å². The molecule has 0 saturated heterocycles. The van der Waals surface area contributed by atoms with E-state index in [0.717, 1.165) is 0 Å². The second kappa shape index (κ2) is 9.67. The van der Waals surface area contributed by atoms with Crippen molar-refractivity contribution in [3.8, 4) is 5.75 Å². The Labute approximate surface area is 171 Å². The third-order valence-corrected chi connectivity index (χ3v) is 5.76. The number of nitrogens with two attached hydrogens (primary N) is 1. The summed E-state index contributed by atoms with van der Waals surface area (Å²) >= 11 is 0. The van der Waals surface area contributed by atoms with Gasteiger partial charge in [0, 0.05) is 25.5 Å². The van der Waals surface area contributed by atoms with Crippen molar-refractivity contribution in [1.82, 2.24) is 4.90 Å². The minimum absolute atomic E-state index is 0.00721. The molecular weight excluding hydrogens is 392 g/mol. The van der Waals surface area contributed by atoms with Crippen molar-refractivity contribution in [3.05, 3.63) is 59.7 Å². The first-order valence-electron chi connectivity index (χ1n) is 9.19. The Hall–Kier alpha value is -2.71. The third kappa shape index (κ3) is 6.13. The number of carbonyl (C=O) groups is 2. The molecule has 2 N–H and O–H groups in total. The predicted molar refractivity (Wildman–Crippen MR) is 110 cm³/mol. The summed E-state index contributed by atoms with van der Waals surface area (Å²) in [7, 11) is -0.593. The smallest absolute Gasteiger partial charge is 0.238 e. The van der Waals surface area contributed by atoms with Gasteiger partial charge in [-0.2, -0.15) is 0 Å². The van der Waals surface area contributed by atoms with Crippen molar-refractivity contribution >= 4 is 21.7 Å². The first kappa shape index (κ1) is 22.6. The van der Waals surface area contributed by atoms with Gasteiger partial charge in [-0.15, -0.1) is 0 Å². The average molecular weight is 419 g/mol. The Morgan fingerprint density at radius 1 is 1.10 bits per heavy atom. The molecule has 8 heteroatoms. The Balaban J connectivity index is 1.92. The van der Waals surface area contributed by atoms with E-state index < -0.39 is 10.0 Å². The first-order chi connectivity index (χ1) is 13.6. The number of hydrogen-bond donors (Lipinski definition) is 1. The minimum atomic E-state index is -3.81. The summed E-state index contributed by atoms with van der Waals surface area (Å²) in [6.07, 6.45) is 0.913. The van der Waals surface area contributed by atoms with E-state index in [1.165, 1.54) is 12.1 Å². The zero-order valence-electron chi connectivity index (χ0n) is 16.8. The van der Waals surface area contributed by atoms with Crippen molar-refractivity contribution in [3.63, 3.8) is 0 Å². The van der Waals surface area contributed by atoms with Crippen LogP contribution in [0.2, 0.25) is 0 Å². The number of amides is 1. The fourth-order valence-electron chi connectivity index (χ4n) is 2.89. The van der Waals surface area contributed by atoms with Crippen LogP contribution in [0.3, 0.4) is 0 Å². The summed E-state index contributed by atoms with van der Waals surface area (Å²) < 4.78 is 28.1. The van der Waals surface area contributed by atoms with Crippen LogP contribution in [0.5, 0.6) is 5.75 Å². The van der Waals surface area contributed by atoms with Gasteiger partial charge in [-0.3, -0.25) is 9.59 Å². The summed E-state index contributed by atoms with van der Waals surface area (Å²) in [5.41, 5.74) is 1.25. The molecular formula is C21H26N2O5S. The number of nitrogens with zero attached hydrogens (tertiary/aromatic N) is 1. The van der Waals surface area contributed by atoms with Crippen LogP contribution >= 0.6 is 0 Å². The molecule has 0 aliphatic heterocycles. The highest BCUT2D eigenvalue weighted by Gasteiger charge is 2.19. The number of benzene rings is 2. The van der Waals surface area contributed by atoms with Crippen LogP contribution in [-0.2, 0) is 14.8 Å². The number of methoxy groups -OCH3 is 1. The van der Waals surface area contributed by atoms with Gasteiger partial charge in [0.2, 0.25) is 15.9 Å². The first-order valence-corrected chi connectivity index (χ1v) is 10.7. The minimum Gasteiger partial charge on any atom is -0.497 e. The summed E-state index contributed by atoms with van der Waals surface area (Å²) in [4.78, 5) is 26.3. The molecule has 2 aromatic rings. The lowest BCUT2D eigenvalue weighted by molar-refractivity contribution is -0.131. The van der Waals surface area contributed by atoms with E-state index in [1.807, 2.05) is 6.92 Å². The SMILES string of the molecule is COc1ccc(C(=O)CCCC(=O)N(C)C(C)c2cccc(S(N)(=O)=O)c2)cc1. The number of ether oxygens (including phenoxy) is 1. The molecule has 0 aliphatic rings. The van der Waals surface area contributed by atoms with Crippen LogP contribution in [0.4, 0.5) is 0 Å². The van der Waals surface area contributed by atoms with E-state index >= 15 is 0 Å². The second-order valence-corrected chi connectivity index (χ2v) is 8.36. The lowest BCUT2D eigenvalue weighted by Crippen LogP contribution is -2.29. The molecule has 1 amide bonds. The molecule has 0 bridgehead atoms. The number of primary sulfonamides is 1. The maximum Gasteiger partial charge on any atom is 0.238 e. The standard InChI is InChI=1S/C21H26N2O5S/c1-15(17-6-4-7-19(14-17)29(22,26)27)23(2)21(25)9-5-8-20(24)16-10-12-18(28-3)13-11-16/h4,6-7,10-15H,5,8-9H2,1-3H3,(H2,22,26,27). The number of hydrogen-bond acceptors (Lipinski definition) is 5. The van der Waals surface area contributed by atoms with E-state index in [9.17, 15) is 18.0 Å². The monoisotopic (exact) mass is 418 g/mol. The number of sulfonamides is 1. The highest BCUT2D eigenvalue weighted by Crippen LogP contribution is 2.22. The molecule has 0 fully saturated rings. The maximum atomic E-state index is 12.5. The molecule has 1 atom stereocenters. The van der Waals surface area contributed by atoms with E-state index in [1.54, 1.807) is 55.5 Å². The molecule has 2 rings (SSSR count). The van der Waals surface area contributed by atoms with Crippen LogP contribution in [0.1, 0.15) is 48.1 Å². The van der Waals surface area contributed by atoms with Crippen molar-refractivity contribution in [1.29, 1.82) is 0 Å². The summed E-state index contributed by atoms with van der Waals surface area (Å²) in [5.74, 6) is 0.525. The number of ketones is 1. The number of rotatable bonds is 9. The van der Waals surface area contributed by atoms with Gasteiger partial charge >= 0.3 is 0 Å². The van der Waals surface area contributed by atoms with Gasteiger partial charge in [0.1, 0.15) is 5.75 Å². The maximum absolute atomic E-state index is 12.5. The molecule has 0 aromatic heterocycles. The quantitative estimate of drug-likeness (QED) is 0.630. The van der Waals surface area contributed by atoms with E-state index in [2.05, 4.69) is 0 Å². The van der Waals surface area contributed by atoms with Gasteiger partial charge in [-0.05, 0) is 55.3 Å². The van der Waals surface area contributed by atoms with E-state index in [4.69, 9.17) is 9.88 Å². The number of carbonyl (C=O) groups excluding carboxylic acids is 2. The zero-order valence-corrected chi connectivity index (χ0v) is 17.6.